The van der Waals surface area contributed by atoms with E-state index >= 15 is 0 Å². The molecule has 2 aromatic carbocycles. The van der Waals surface area contributed by atoms with Gasteiger partial charge in [-0.15, -0.1) is 0 Å². The van der Waals surface area contributed by atoms with E-state index in [4.69, 9.17) is 46.4 Å². The quantitative estimate of drug-likeness (QED) is 0.430. The highest BCUT2D eigenvalue weighted by atomic mass is 35.5. The minimum absolute atomic E-state index is 0.248. The summed E-state index contributed by atoms with van der Waals surface area (Å²) in [5.41, 5.74) is 0.311. The van der Waals surface area contributed by atoms with E-state index in [9.17, 15) is 9.59 Å². The average Bonchev–Trinajstić information content (AvgIpc) is 2.66. The van der Waals surface area contributed by atoms with Crippen LogP contribution in [0, 0.1) is 0 Å². The van der Waals surface area contributed by atoms with Crippen molar-refractivity contribution in [3.8, 4) is 0 Å². The average molecular weight is 470 g/mol. The Hall–Kier alpha value is -2.12. The summed E-state index contributed by atoms with van der Waals surface area (Å²) in [6.07, 6.45) is 3.37. The molecule has 0 aliphatic heterocycles. The van der Waals surface area contributed by atoms with Crippen molar-refractivity contribution in [1.82, 2.24) is 19.1 Å². The lowest BCUT2D eigenvalue weighted by Crippen LogP contribution is -2.24. The monoisotopic (exact) mass is 468 g/mol. The zero-order chi connectivity index (χ0) is 20.7. The second kappa shape index (κ2) is 7.95. The van der Waals surface area contributed by atoms with Crippen molar-refractivity contribution in [2.24, 2.45) is 0 Å². The Morgan fingerprint density at radius 1 is 0.690 bits per heavy atom. The topological polar surface area (TPSA) is 69.8 Å². The largest absolute Gasteiger partial charge is 0.299 e. The van der Waals surface area contributed by atoms with Crippen LogP contribution in [0.3, 0.4) is 0 Å². The van der Waals surface area contributed by atoms with Crippen molar-refractivity contribution >= 4 is 68.2 Å². The van der Waals surface area contributed by atoms with Gasteiger partial charge in [-0.25, -0.2) is 9.97 Å². The number of hydrogen-bond donors (Lipinski definition) is 0. The first-order valence-corrected chi connectivity index (χ1v) is 10.0. The molecule has 0 fully saturated rings. The fraction of sp³-hybridized carbons (Fsp3) is 0.158. The summed E-state index contributed by atoms with van der Waals surface area (Å²) in [5.74, 6) is 0. The molecule has 10 heteroatoms. The maximum Gasteiger partial charge on any atom is 0.261 e. The highest BCUT2D eigenvalue weighted by molar-refractivity contribution is 6.38. The Kier molecular flexibility index (Phi) is 5.53. The molecular weight excluding hydrogens is 458 g/mol. The standard InChI is InChI=1S/C19H12Cl4N4O2/c20-10-4-12-16(14(22)6-10)24-8-26(18(12)28)2-1-3-27-9-25-17-13(19(27)29)5-11(21)7-15(17)23/h4-9H,1-3H2. The third kappa shape index (κ3) is 3.85. The van der Waals surface area contributed by atoms with Crippen molar-refractivity contribution in [3.05, 3.63) is 77.7 Å². The number of fused-ring (bicyclic) bond motifs is 2. The lowest BCUT2D eigenvalue weighted by atomic mass is 10.2. The van der Waals surface area contributed by atoms with Crippen molar-refractivity contribution in [1.29, 1.82) is 0 Å². The predicted octanol–water partition coefficient (Wildman–Crippen LogP) is 4.81. The van der Waals surface area contributed by atoms with Crippen LogP contribution in [0.4, 0.5) is 0 Å². The summed E-state index contributed by atoms with van der Waals surface area (Å²) in [6.45, 7) is 0.708. The predicted molar refractivity (Wildman–Crippen MR) is 117 cm³/mol. The minimum Gasteiger partial charge on any atom is -0.299 e. The van der Waals surface area contributed by atoms with Crippen LogP contribution in [-0.4, -0.2) is 19.1 Å². The second-order valence-electron chi connectivity index (χ2n) is 6.41. The molecule has 0 radical (unpaired) electrons. The van der Waals surface area contributed by atoms with E-state index in [0.717, 1.165) is 0 Å². The maximum atomic E-state index is 12.7. The molecular formula is C19H12Cl4N4O2. The van der Waals surface area contributed by atoms with E-state index in [0.29, 0.717) is 61.4 Å². The molecule has 0 saturated carbocycles. The molecule has 148 valence electrons. The van der Waals surface area contributed by atoms with E-state index in [-0.39, 0.29) is 11.1 Å². The van der Waals surface area contributed by atoms with E-state index in [2.05, 4.69) is 9.97 Å². The van der Waals surface area contributed by atoms with Crippen LogP contribution in [0.1, 0.15) is 6.42 Å². The summed E-state index contributed by atoms with van der Waals surface area (Å²) >= 11 is 24.2. The van der Waals surface area contributed by atoms with Gasteiger partial charge in [0.15, 0.2) is 0 Å². The van der Waals surface area contributed by atoms with Crippen LogP contribution in [0.25, 0.3) is 21.8 Å². The van der Waals surface area contributed by atoms with Crippen LogP contribution in [-0.2, 0) is 13.1 Å². The smallest absolute Gasteiger partial charge is 0.261 e. The number of hydrogen-bond acceptors (Lipinski definition) is 4. The third-order valence-electron chi connectivity index (χ3n) is 4.49. The van der Waals surface area contributed by atoms with Crippen LogP contribution in [0.5, 0.6) is 0 Å². The van der Waals surface area contributed by atoms with E-state index in [1.165, 1.54) is 21.8 Å². The molecule has 0 N–H and O–H groups in total. The normalized spacial score (nSPS) is 11.4. The summed E-state index contributed by atoms with van der Waals surface area (Å²) in [6, 6.07) is 6.17. The molecule has 0 saturated heterocycles. The minimum atomic E-state index is -0.248. The number of aryl methyl sites for hydroxylation is 2. The summed E-state index contributed by atoms with van der Waals surface area (Å²) in [5, 5.41) is 2.07. The van der Waals surface area contributed by atoms with Gasteiger partial charge in [0.1, 0.15) is 0 Å². The van der Waals surface area contributed by atoms with Crippen LogP contribution < -0.4 is 11.1 Å². The van der Waals surface area contributed by atoms with Gasteiger partial charge in [-0.3, -0.25) is 18.7 Å². The lowest BCUT2D eigenvalue weighted by molar-refractivity contribution is 0.539. The Labute approximate surface area is 184 Å². The third-order valence-corrected chi connectivity index (χ3v) is 5.50. The van der Waals surface area contributed by atoms with E-state index < -0.39 is 0 Å². The molecule has 0 spiro atoms. The summed E-state index contributed by atoms with van der Waals surface area (Å²) in [7, 11) is 0. The molecule has 0 amide bonds. The first-order valence-electron chi connectivity index (χ1n) is 8.53. The van der Waals surface area contributed by atoms with Gasteiger partial charge in [-0.1, -0.05) is 46.4 Å². The van der Waals surface area contributed by atoms with E-state index in [1.54, 1.807) is 24.3 Å². The number of nitrogens with zero attached hydrogens (tertiary/aromatic N) is 4. The molecule has 29 heavy (non-hydrogen) atoms. The Balaban J connectivity index is 1.60. The van der Waals surface area contributed by atoms with Gasteiger partial charge in [-0.05, 0) is 30.7 Å². The molecule has 0 aliphatic carbocycles. The second-order valence-corrected chi connectivity index (χ2v) is 8.09. The summed E-state index contributed by atoms with van der Waals surface area (Å²) in [4.78, 5) is 33.9. The molecule has 2 heterocycles. The molecule has 0 unspecified atom stereocenters. The van der Waals surface area contributed by atoms with Crippen LogP contribution >= 0.6 is 46.4 Å². The number of rotatable bonds is 4. The zero-order valence-corrected chi connectivity index (χ0v) is 17.7. The zero-order valence-electron chi connectivity index (χ0n) is 14.7. The fourth-order valence-corrected chi connectivity index (χ4v) is 4.20. The fourth-order valence-electron chi connectivity index (χ4n) is 3.12. The van der Waals surface area contributed by atoms with Crippen LogP contribution in [0.2, 0.25) is 20.1 Å². The van der Waals surface area contributed by atoms with Gasteiger partial charge < -0.3 is 0 Å². The van der Waals surface area contributed by atoms with Gasteiger partial charge in [-0.2, -0.15) is 0 Å². The van der Waals surface area contributed by atoms with Gasteiger partial charge in [0.2, 0.25) is 0 Å². The van der Waals surface area contributed by atoms with Crippen molar-refractivity contribution in [2.45, 2.75) is 19.5 Å². The maximum absolute atomic E-state index is 12.7. The van der Waals surface area contributed by atoms with Gasteiger partial charge in [0, 0.05) is 23.1 Å². The van der Waals surface area contributed by atoms with Crippen LogP contribution in [0.15, 0.2) is 46.5 Å². The molecule has 0 aliphatic rings. The van der Waals surface area contributed by atoms with Gasteiger partial charge >= 0.3 is 0 Å². The lowest BCUT2D eigenvalue weighted by Gasteiger charge is -2.10. The SMILES string of the molecule is O=c1c2cc(Cl)cc(Cl)c2ncn1CCCn1cnc2c(Cl)cc(Cl)cc2c1=O. The first-order chi connectivity index (χ1) is 13.8. The molecule has 2 aromatic heterocycles. The number of aromatic nitrogens is 4. The Bertz CT molecular complexity index is 1280. The molecule has 0 atom stereocenters. The highest BCUT2D eigenvalue weighted by Gasteiger charge is 2.11. The number of benzene rings is 2. The molecule has 0 bridgehead atoms. The molecule has 6 nitrogen and oxygen atoms in total. The molecule has 4 rings (SSSR count). The van der Waals surface area contributed by atoms with Crippen molar-refractivity contribution in [2.75, 3.05) is 0 Å². The Morgan fingerprint density at radius 3 is 1.52 bits per heavy atom. The summed E-state index contributed by atoms with van der Waals surface area (Å²) < 4.78 is 2.92. The van der Waals surface area contributed by atoms with E-state index in [1.807, 2.05) is 0 Å². The highest BCUT2D eigenvalue weighted by Crippen LogP contribution is 2.25. The molecule has 4 aromatic rings. The Morgan fingerprint density at radius 2 is 1.10 bits per heavy atom. The number of halogens is 4. The van der Waals surface area contributed by atoms with Crippen molar-refractivity contribution in [3.63, 3.8) is 0 Å². The van der Waals surface area contributed by atoms with Gasteiger partial charge in [0.05, 0.1) is 44.5 Å². The van der Waals surface area contributed by atoms with Crippen molar-refractivity contribution < 1.29 is 0 Å². The first kappa shape index (κ1) is 20.2. The van der Waals surface area contributed by atoms with Gasteiger partial charge in [0.25, 0.3) is 11.1 Å².